The highest BCUT2D eigenvalue weighted by molar-refractivity contribution is 5.16. The first-order valence-electron chi connectivity index (χ1n) is 3.08. The van der Waals surface area contributed by atoms with Gasteiger partial charge in [0.05, 0.1) is 7.11 Å². The van der Waals surface area contributed by atoms with Gasteiger partial charge in [0.15, 0.2) is 0 Å². The van der Waals surface area contributed by atoms with Crippen LogP contribution < -0.4 is 0 Å². The quantitative estimate of drug-likeness (QED) is 0.487. The zero-order chi connectivity index (χ0) is 8.69. The van der Waals surface area contributed by atoms with Gasteiger partial charge >= 0.3 is 0 Å². The van der Waals surface area contributed by atoms with E-state index in [4.69, 9.17) is 18.0 Å². The molecule has 0 spiro atoms. The fraction of sp³-hybridized carbons (Fsp3) is 0.333. The van der Waals surface area contributed by atoms with Crippen molar-refractivity contribution in [2.24, 2.45) is 0 Å². The molecule has 0 aliphatic rings. The molecule has 0 radical (unpaired) electrons. The number of ether oxygens (including phenoxy) is 1. The molecule has 58 valence electrons. The second-order valence-electron chi connectivity index (χ2n) is 1.87. The Morgan fingerprint density at radius 1 is 1.36 bits per heavy atom. The van der Waals surface area contributed by atoms with E-state index in [1.807, 2.05) is 0 Å². The van der Waals surface area contributed by atoms with Gasteiger partial charge in [-0.2, -0.15) is 0 Å². The molecule has 0 aromatic heterocycles. The van der Waals surface area contributed by atoms with Gasteiger partial charge in [0.2, 0.25) is 0 Å². The summed E-state index contributed by atoms with van der Waals surface area (Å²) in [5.41, 5.74) is 0.567. The molecule has 0 fully saturated rings. The summed E-state index contributed by atoms with van der Waals surface area (Å²) in [6.45, 7) is 0. The maximum Gasteiger partial charge on any atom is 0.277 e. The van der Waals surface area contributed by atoms with Crippen molar-refractivity contribution in [1.82, 2.24) is 0 Å². The summed E-state index contributed by atoms with van der Waals surface area (Å²) in [5, 5.41) is 9.05. The normalized spacial score (nSPS) is 7.55. The number of allylic oxidation sites excluding steroid dienone is 1. The van der Waals surface area contributed by atoms with E-state index in [0.717, 1.165) is 0 Å². The van der Waals surface area contributed by atoms with Crippen molar-refractivity contribution in [2.75, 3.05) is 7.11 Å². The Morgan fingerprint density at radius 3 is 2.09 bits per heavy atom. The molecule has 0 amide bonds. The van der Waals surface area contributed by atoms with Crippen molar-refractivity contribution in [3.8, 4) is 24.7 Å². The number of methoxy groups -OCH3 is 1. The molecule has 0 atom stereocenters. The zero-order valence-corrected chi connectivity index (χ0v) is 6.42. The Kier molecular flexibility index (Phi) is 4.52. The SMILES string of the molecule is C#CCC(CC#C)=C(O)OC. The minimum absolute atomic E-state index is 0.166. The Hall–Kier alpha value is -1.54. The van der Waals surface area contributed by atoms with Crippen LogP contribution >= 0.6 is 0 Å². The average molecular weight is 150 g/mol. The summed E-state index contributed by atoms with van der Waals surface area (Å²) < 4.78 is 4.56. The van der Waals surface area contributed by atoms with E-state index in [1.165, 1.54) is 7.11 Å². The highest BCUT2D eigenvalue weighted by Crippen LogP contribution is 2.10. The third-order valence-corrected chi connectivity index (χ3v) is 1.13. The Balaban J connectivity index is 4.35. The fourth-order valence-electron chi connectivity index (χ4n) is 0.604. The van der Waals surface area contributed by atoms with Crippen molar-refractivity contribution in [2.45, 2.75) is 12.8 Å². The van der Waals surface area contributed by atoms with E-state index < -0.39 is 0 Å². The number of aliphatic hydroxyl groups is 1. The van der Waals surface area contributed by atoms with Crippen molar-refractivity contribution >= 4 is 0 Å². The maximum atomic E-state index is 9.05. The molecule has 0 saturated heterocycles. The van der Waals surface area contributed by atoms with Crippen LogP contribution in [0.25, 0.3) is 0 Å². The lowest BCUT2D eigenvalue weighted by molar-refractivity contribution is 0.130. The monoisotopic (exact) mass is 150 g/mol. The van der Waals surface area contributed by atoms with Crippen molar-refractivity contribution in [3.63, 3.8) is 0 Å². The smallest absolute Gasteiger partial charge is 0.277 e. The van der Waals surface area contributed by atoms with Crippen LogP contribution in [0.2, 0.25) is 0 Å². The molecule has 0 bridgehead atoms. The number of rotatable bonds is 3. The molecule has 0 aliphatic heterocycles. The lowest BCUT2D eigenvalue weighted by atomic mass is 10.1. The van der Waals surface area contributed by atoms with Crippen molar-refractivity contribution in [1.29, 1.82) is 0 Å². The van der Waals surface area contributed by atoms with E-state index in [1.54, 1.807) is 0 Å². The highest BCUT2D eigenvalue weighted by atomic mass is 16.6. The third kappa shape index (κ3) is 3.23. The minimum Gasteiger partial charge on any atom is -0.481 e. The van der Waals surface area contributed by atoms with E-state index in [-0.39, 0.29) is 5.95 Å². The molecule has 1 N–H and O–H groups in total. The van der Waals surface area contributed by atoms with Crippen LogP contribution in [-0.2, 0) is 4.74 Å². The summed E-state index contributed by atoms with van der Waals surface area (Å²) in [6.07, 6.45) is 10.7. The van der Waals surface area contributed by atoms with Crippen LogP contribution in [0.3, 0.4) is 0 Å². The first-order chi connectivity index (χ1) is 5.26. The number of aliphatic hydroxyl groups excluding tert-OH is 1. The molecular formula is C9H10O2. The van der Waals surface area contributed by atoms with Gasteiger partial charge in [-0.05, 0) is 0 Å². The minimum atomic E-state index is -0.166. The van der Waals surface area contributed by atoms with Gasteiger partial charge in [-0.15, -0.1) is 24.7 Å². The van der Waals surface area contributed by atoms with Crippen LogP contribution in [0.1, 0.15) is 12.8 Å². The molecule has 0 unspecified atom stereocenters. The molecule has 0 aromatic carbocycles. The standard InChI is InChI=1S/C9H10O2/c1-4-6-8(7-5-2)9(10)11-3/h1-2,10H,6-7H2,3H3. The summed E-state index contributed by atoms with van der Waals surface area (Å²) >= 11 is 0. The van der Waals surface area contributed by atoms with Crippen molar-refractivity contribution in [3.05, 3.63) is 11.5 Å². The Labute approximate surface area is 66.9 Å². The van der Waals surface area contributed by atoms with Crippen LogP contribution in [-0.4, -0.2) is 12.2 Å². The molecule has 0 aromatic rings. The molecule has 2 nitrogen and oxygen atoms in total. The van der Waals surface area contributed by atoms with E-state index >= 15 is 0 Å². The van der Waals surface area contributed by atoms with Crippen LogP contribution in [0.4, 0.5) is 0 Å². The molecule has 0 aliphatic carbocycles. The second-order valence-corrected chi connectivity index (χ2v) is 1.87. The van der Waals surface area contributed by atoms with Crippen LogP contribution in [0, 0.1) is 24.7 Å². The predicted molar refractivity (Wildman–Crippen MR) is 43.6 cm³/mol. The second kappa shape index (κ2) is 5.26. The number of terminal acetylenes is 2. The molecule has 0 saturated carbocycles. The zero-order valence-electron chi connectivity index (χ0n) is 6.42. The Bertz CT molecular complexity index is 207. The summed E-state index contributed by atoms with van der Waals surface area (Å²) in [7, 11) is 1.36. The topological polar surface area (TPSA) is 29.5 Å². The summed E-state index contributed by atoms with van der Waals surface area (Å²) in [5.74, 6) is 4.58. The molecule has 11 heavy (non-hydrogen) atoms. The van der Waals surface area contributed by atoms with Crippen LogP contribution in [0.5, 0.6) is 0 Å². The van der Waals surface area contributed by atoms with Crippen molar-refractivity contribution < 1.29 is 9.84 Å². The Morgan fingerprint density at radius 2 is 1.82 bits per heavy atom. The number of hydrogen-bond acceptors (Lipinski definition) is 2. The first-order valence-corrected chi connectivity index (χ1v) is 3.08. The van der Waals surface area contributed by atoms with Gasteiger partial charge in [0.1, 0.15) is 0 Å². The largest absolute Gasteiger partial charge is 0.481 e. The van der Waals surface area contributed by atoms with Gasteiger partial charge in [-0.3, -0.25) is 0 Å². The lowest BCUT2D eigenvalue weighted by Crippen LogP contribution is -1.92. The van der Waals surface area contributed by atoms with E-state index in [0.29, 0.717) is 18.4 Å². The summed E-state index contributed by atoms with van der Waals surface area (Å²) in [4.78, 5) is 0. The molecule has 2 heteroatoms. The van der Waals surface area contributed by atoms with Gasteiger partial charge < -0.3 is 9.84 Å². The van der Waals surface area contributed by atoms with Gasteiger partial charge in [0, 0.05) is 18.4 Å². The lowest BCUT2D eigenvalue weighted by Gasteiger charge is -2.02. The predicted octanol–water partition coefficient (Wildman–Crippen LogP) is 1.45. The van der Waals surface area contributed by atoms with E-state index in [9.17, 15) is 0 Å². The van der Waals surface area contributed by atoms with Crippen LogP contribution in [0.15, 0.2) is 11.5 Å². The highest BCUT2D eigenvalue weighted by Gasteiger charge is 2.02. The summed E-state index contributed by atoms with van der Waals surface area (Å²) in [6, 6.07) is 0. The first kappa shape index (κ1) is 9.46. The molecule has 0 rings (SSSR count). The molecule has 0 heterocycles. The fourth-order valence-corrected chi connectivity index (χ4v) is 0.604. The van der Waals surface area contributed by atoms with Gasteiger partial charge in [-0.1, -0.05) is 0 Å². The molecular weight excluding hydrogens is 140 g/mol. The number of hydrogen-bond donors (Lipinski definition) is 1. The van der Waals surface area contributed by atoms with E-state index in [2.05, 4.69) is 16.6 Å². The van der Waals surface area contributed by atoms with Gasteiger partial charge in [-0.25, -0.2) is 0 Å². The van der Waals surface area contributed by atoms with Gasteiger partial charge in [0.25, 0.3) is 5.95 Å². The maximum absolute atomic E-state index is 9.05. The third-order valence-electron chi connectivity index (χ3n) is 1.13. The average Bonchev–Trinajstić information content (AvgIpc) is 2.03.